The maximum atomic E-state index is 13.8. The van der Waals surface area contributed by atoms with Crippen LogP contribution in [0.25, 0.3) is 22.0 Å². The fourth-order valence-corrected chi connectivity index (χ4v) is 6.19. The molecule has 0 saturated heterocycles. The summed E-state index contributed by atoms with van der Waals surface area (Å²) < 4.78 is 44.6. The van der Waals surface area contributed by atoms with Gasteiger partial charge in [-0.1, -0.05) is 0 Å². The van der Waals surface area contributed by atoms with Crippen LogP contribution in [0.1, 0.15) is 12.5 Å². The Labute approximate surface area is 228 Å². The molecule has 1 amide bonds. The number of amides is 1. The van der Waals surface area contributed by atoms with E-state index in [1.54, 1.807) is 42.1 Å². The Morgan fingerprint density at radius 1 is 0.975 bits per heavy atom. The lowest BCUT2D eigenvalue weighted by Gasteiger charge is -2.26. The number of aromatic amines is 1. The lowest BCUT2D eigenvalue weighted by atomic mass is 10.0. The lowest BCUT2D eigenvalue weighted by Crippen LogP contribution is -2.18. The fourth-order valence-electron chi connectivity index (χ4n) is 5.14. The summed E-state index contributed by atoms with van der Waals surface area (Å²) >= 11 is 0. The number of pyridine rings is 1. The van der Waals surface area contributed by atoms with Crippen LogP contribution >= 0.6 is 0 Å². The van der Waals surface area contributed by atoms with E-state index in [4.69, 9.17) is 0 Å². The first-order chi connectivity index (χ1) is 19.1. The van der Waals surface area contributed by atoms with Gasteiger partial charge in [-0.25, -0.2) is 12.8 Å². The quantitative estimate of drug-likeness (QED) is 0.279. The average molecular weight is 558 g/mol. The second kappa shape index (κ2) is 9.38. The Morgan fingerprint density at radius 3 is 2.38 bits per heavy atom. The van der Waals surface area contributed by atoms with E-state index in [0.29, 0.717) is 29.0 Å². The van der Waals surface area contributed by atoms with Gasteiger partial charge in [-0.2, -0.15) is 0 Å². The average Bonchev–Trinajstić information content (AvgIpc) is 3.20. The third-order valence-electron chi connectivity index (χ3n) is 6.88. The molecule has 40 heavy (non-hydrogen) atoms. The minimum Gasteiger partial charge on any atom is -0.345 e. The van der Waals surface area contributed by atoms with E-state index in [0.717, 1.165) is 27.9 Å². The van der Waals surface area contributed by atoms with Crippen molar-refractivity contribution in [2.45, 2.75) is 18.4 Å². The van der Waals surface area contributed by atoms with E-state index in [1.165, 1.54) is 43.3 Å². The highest BCUT2D eigenvalue weighted by Gasteiger charge is 2.27. The van der Waals surface area contributed by atoms with Crippen molar-refractivity contribution in [1.29, 1.82) is 0 Å². The van der Waals surface area contributed by atoms with Gasteiger partial charge in [0.25, 0.3) is 15.6 Å². The van der Waals surface area contributed by atoms with Crippen LogP contribution in [0.3, 0.4) is 0 Å². The number of aromatic nitrogens is 2. The molecule has 1 aliphatic rings. The number of carbonyl (C=O) groups is 1. The Morgan fingerprint density at radius 2 is 1.68 bits per heavy atom. The molecule has 9 nitrogen and oxygen atoms in total. The molecule has 0 radical (unpaired) electrons. The van der Waals surface area contributed by atoms with Gasteiger partial charge in [0.2, 0.25) is 5.91 Å². The maximum absolute atomic E-state index is 13.8. The van der Waals surface area contributed by atoms with Crippen LogP contribution in [-0.2, 0) is 28.4 Å². The second-order valence-corrected chi connectivity index (χ2v) is 11.3. The number of hydrogen-bond donors (Lipinski definition) is 3. The van der Waals surface area contributed by atoms with E-state index in [1.807, 2.05) is 17.2 Å². The molecule has 11 heteroatoms. The summed E-state index contributed by atoms with van der Waals surface area (Å²) in [7, 11) is -2.16. The van der Waals surface area contributed by atoms with Crippen molar-refractivity contribution >= 4 is 49.6 Å². The van der Waals surface area contributed by atoms with Crippen LogP contribution in [0, 0.1) is 5.82 Å². The summed E-state index contributed by atoms with van der Waals surface area (Å²) in [4.78, 5) is 28.9. The summed E-state index contributed by atoms with van der Waals surface area (Å²) in [5, 5.41) is 3.38. The van der Waals surface area contributed by atoms with Gasteiger partial charge in [0.1, 0.15) is 11.3 Å². The standard InChI is InChI=1S/C29H24FN5O4S/c1-17(36)32-20-5-10-23(11-6-20)40(38,39)33-21-7-12-26-24(13-21)25-16-34(2)28-27(25)18(14-31-29(28)37)15-35(26)22-8-3-19(30)4-9-22/h3-14,16,33H,15H2,1-2H3,(H,31,37)(H,32,36). The molecule has 0 spiro atoms. The minimum atomic E-state index is -3.96. The largest absolute Gasteiger partial charge is 0.345 e. The highest BCUT2D eigenvalue weighted by molar-refractivity contribution is 7.92. The Bertz CT molecular complexity index is 1960. The highest BCUT2D eigenvalue weighted by Crippen LogP contribution is 2.45. The van der Waals surface area contributed by atoms with Gasteiger partial charge >= 0.3 is 0 Å². The molecule has 3 aromatic carbocycles. The number of H-pyrrole nitrogens is 1. The van der Waals surface area contributed by atoms with Crippen molar-refractivity contribution in [1.82, 2.24) is 9.55 Å². The monoisotopic (exact) mass is 557 g/mol. The summed E-state index contributed by atoms with van der Waals surface area (Å²) in [5.74, 6) is -0.615. The SMILES string of the molecule is CC(=O)Nc1ccc(S(=O)(=O)Nc2ccc3c(c2)-c2cn(C)c4c(=O)[nH]cc(c24)CN3c2ccc(F)cc2)cc1. The Kier molecular flexibility index (Phi) is 5.95. The second-order valence-electron chi connectivity index (χ2n) is 9.63. The number of aryl methyl sites for hydroxylation is 1. The molecule has 202 valence electrons. The number of fused-ring (bicyclic) bond motifs is 2. The van der Waals surface area contributed by atoms with Crippen molar-refractivity contribution in [3.05, 3.63) is 101 Å². The highest BCUT2D eigenvalue weighted by atomic mass is 32.2. The van der Waals surface area contributed by atoms with Crippen LogP contribution in [-0.4, -0.2) is 23.9 Å². The number of halogens is 1. The van der Waals surface area contributed by atoms with E-state index >= 15 is 0 Å². The Hall–Kier alpha value is -4.90. The first kappa shape index (κ1) is 25.4. The molecular formula is C29H24FN5O4S. The summed E-state index contributed by atoms with van der Waals surface area (Å²) in [5.41, 5.74) is 4.95. The molecule has 0 aliphatic carbocycles. The topological polar surface area (TPSA) is 116 Å². The zero-order chi connectivity index (χ0) is 28.2. The zero-order valence-corrected chi connectivity index (χ0v) is 22.3. The first-order valence-electron chi connectivity index (χ1n) is 12.4. The molecule has 0 fully saturated rings. The number of sulfonamides is 1. The van der Waals surface area contributed by atoms with E-state index in [9.17, 15) is 22.4 Å². The molecule has 6 rings (SSSR count). The molecule has 0 unspecified atom stereocenters. The van der Waals surface area contributed by atoms with Crippen molar-refractivity contribution < 1.29 is 17.6 Å². The molecule has 3 heterocycles. The fraction of sp³-hybridized carbons (Fsp3) is 0.103. The molecule has 2 aromatic heterocycles. The van der Waals surface area contributed by atoms with Crippen molar-refractivity contribution in [3.8, 4) is 11.1 Å². The maximum Gasteiger partial charge on any atom is 0.272 e. The number of benzene rings is 3. The Balaban J connectivity index is 1.47. The number of nitrogens with zero attached hydrogens (tertiary/aromatic N) is 2. The molecule has 3 N–H and O–H groups in total. The van der Waals surface area contributed by atoms with Gasteiger partial charge in [0.05, 0.1) is 11.4 Å². The number of rotatable bonds is 5. The number of hydrogen-bond acceptors (Lipinski definition) is 5. The molecule has 0 bridgehead atoms. The van der Waals surface area contributed by atoms with Gasteiger partial charge in [-0.15, -0.1) is 0 Å². The molecular weight excluding hydrogens is 533 g/mol. The third-order valence-corrected chi connectivity index (χ3v) is 8.27. The molecule has 0 saturated carbocycles. The minimum absolute atomic E-state index is 0.0310. The molecule has 0 atom stereocenters. The van der Waals surface area contributed by atoms with Gasteiger partial charge < -0.3 is 19.8 Å². The van der Waals surface area contributed by atoms with Crippen LogP contribution < -0.4 is 20.5 Å². The van der Waals surface area contributed by atoms with Crippen LogP contribution in [0.2, 0.25) is 0 Å². The number of carbonyl (C=O) groups excluding carboxylic acids is 1. The van der Waals surface area contributed by atoms with E-state index in [-0.39, 0.29) is 22.2 Å². The predicted octanol–water partition coefficient (Wildman–Crippen LogP) is 5.08. The normalized spacial score (nSPS) is 12.6. The van der Waals surface area contributed by atoms with Crippen LogP contribution in [0.5, 0.6) is 0 Å². The summed E-state index contributed by atoms with van der Waals surface area (Å²) in [6, 6.07) is 17.2. The summed E-state index contributed by atoms with van der Waals surface area (Å²) in [6.45, 7) is 1.77. The van der Waals surface area contributed by atoms with Crippen LogP contribution in [0.4, 0.5) is 27.1 Å². The van der Waals surface area contributed by atoms with E-state index < -0.39 is 10.0 Å². The van der Waals surface area contributed by atoms with Crippen LogP contribution in [0.15, 0.2) is 88.8 Å². The van der Waals surface area contributed by atoms with Gasteiger partial charge in [0, 0.05) is 65.6 Å². The molecule has 5 aromatic rings. The van der Waals surface area contributed by atoms with Crippen molar-refractivity contribution in [2.75, 3.05) is 14.9 Å². The van der Waals surface area contributed by atoms with Gasteiger partial charge in [-0.3, -0.25) is 14.3 Å². The molecule has 1 aliphatic heterocycles. The number of nitrogens with one attached hydrogen (secondary N) is 3. The third kappa shape index (κ3) is 4.39. The number of anilines is 4. The van der Waals surface area contributed by atoms with Crippen molar-refractivity contribution in [2.24, 2.45) is 7.05 Å². The predicted molar refractivity (Wildman–Crippen MR) is 153 cm³/mol. The van der Waals surface area contributed by atoms with Gasteiger partial charge in [0.15, 0.2) is 0 Å². The van der Waals surface area contributed by atoms with Crippen molar-refractivity contribution in [3.63, 3.8) is 0 Å². The van der Waals surface area contributed by atoms with E-state index in [2.05, 4.69) is 15.0 Å². The van der Waals surface area contributed by atoms with Gasteiger partial charge in [-0.05, 0) is 72.3 Å². The first-order valence-corrected chi connectivity index (χ1v) is 13.9. The smallest absolute Gasteiger partial charge is 0.272 e. The zero-order valence-electron chi connectivity index (χ0n) is 21.5. The summed E-state index contributed by atoms with van der Waals surface area (Å²) in [6.07, 6.45) is 3.54. The lowest BCUT2D eigenvalue weighted by molar-refractivity contribution is -0.114.